The molecule has 1 fully saturated rings. The van der Waals surface area contributed by atoms with Crippen LogP contribution in [0.15, 0.2) is 12.1 Å². The second-order valence-electron chi connectivity index (χ2n) is 4.85. The highest BCUT2D eigenvalue weighted by atomic mass is 19.4. The molecule has 1 aliphatic rings. The fourth-order valence-electron chi connectivity index (χ4n) is 2.23. The first-order valence-corrected chi connectivity index (χ1v) is 6.34. The number of piperazine rings is 1. The Hall–Kier alpha value is -1.79. The zero-order valence-electron chi connectivity index (χ0n) is 11.4. The van der Waals surface area contributed by atoms with E-state index in [1.165, 1.54) is 6.92 Å². The SMILES string of the molecule is CC(=O)N1CCN(c2cc(C(F)(F)F)cc(C)n2)CC1. The third-order valence-corrected chi connectivity index (χ3v) is 3.32. The molecule has 0 atom stereocenters. The van der Waals surface area contributed by atoms with Crippen LogP contribution in [0.4, 0.5) is 19.0 Å². The number of nitrogens with zero attached hydrogens (tertiary/aromatic N) is 3. The van der Waals surface area contributed by atoms with Gasteiger partial charge in [0.2, 0.25) is 5.91 Å². The van der Waals surface area contributed by atoms with Crippen molar-refractivity contribution in [3.05, 3.63) is 23.4 Å². The molecule has 1 saturated heterocycles. The van der Waals surface area contributed by atoms with Gasteiger partial charge in [0.25, 0.3) is 0 Å². The number of aryl methyl sites for hydroxylation is 1. The maximum atomic E-state index is 12.8. The molecule has 2 rings (SSSR count). The number of alkyl halides is 3. The Bertz CT molecular complexity index is 508. The first-order chi connectivity index (χ1) is 9.27. The Kier molecular flexibility index (Phi) is 3.87. The molecule has 0 saturated carbocycles. The number of hydrogen-bond acceptors (Lipinski definition) is 3. The van der Waals surface area contributed by atoms with Crippen molar-refractivity contribution in [1.29, 1.82) is 0 Å². The van der Waals surface area contributed by atoms with Crippen LogP contribution in [0.1, 0.15) is 18.2 Å². The van der Waals surface area contributed by atoms with Gasteiger partial charge in [0.05, 0.1) is 5.56 Å². The maximum absolute atomic E-state index is 12.8. The summed E-state index contributed by atoms with van der Waals surface area (Å²) < 4.78 is 38.4. The highest BCUT2D eigenvalue weighted by Gasteiger charge is 2.32. The summed E-state index contributed by atoms with van der Waals surface area (Å²) >= 11 is 0. The van der Waals surface area contributed by atoms with E-state index in [4.69, 9.17) is 0 Å². The molecule has 0 aliphatic carbocycles. The molecule has 2 heterocycles. The summed E-state index contributed by atoms with van der Waals surface area (Å²) in [6, 6.07) is 2.10. The summed E-state index contributed by atoms with van der Waals surface area (Å²) in [5, 5.41) is 0. The van der Waals surface area contributed by atoms with Gasteiger partial charge in [-0.25, -0.2) is 4.98 Å². The highest BCUT2D eigenvalue weighted by Crippen LogP contribution is 2.31. The van der Waals surface area contributed by atoms with Gasteiger partial charge in [-0.2, -0.15) is 13.2 Å². The Morgan fingerprint density at radius 1 is 1.20 bits per heavy atom. The third kappa shape index (κ3) is 3.20. The van der Waals surface area contributed by atoms with Crippen molar-refractivity contribution < 1.29 is 18.0 Å². The number of rotatable bonds is 1. The van der Waals surface area contributed by atoms with E-state index in [9.17, 15) is 18.0 Å². The van der Waals surface area contributed by atoms with Crippen molar-refractivity contribution >= 4 is 11.7 Å². The normalized spacial score (nSPS) is 16.4. The summed E-state index contributed by atoms with van der Waals surface area (Å²) in [5.74, 6) is 0.304. The van der Waals surface area contributed by atoms with E-state index < -0.39 is 11.7 Å². The Morgan fingerprint density at radius 3 is 2.30 bits per heavy atom. The lowest BCUT2D eigenvalue weighted by Gasteiger charge is -2.35. The monoisotopic (exact) mass is 287 g/mol. The van der Waals surface area contributed by atoms with Crippen molar-refractivity contribution in [3.8, 4) is 0 Å². The average Bonchev–Trinajstić information content (AvgIpc) is 2.37. The Labute approximate surface area is 115 Å². The Morgan fingerprint density at radius 2 is 1.80 bits per heavy atom. The van der Waals surface area contributed by atoms with E-state index in [1.807, 2.05) is 0 Å². The van der Waals surface area contributed by atoms with E-state index in [-0.39, 0.29) is 5.91 Å². The van der Waals surface area contributed by atoms with E-state index in [0.29, 0.717) is 37.7 Å². The molecule has 0 N–H and O–H groups in total. The third-order valence-electron chi connectivity index (χ3n) is 3.32. The van der Waals surface area contributed by atoms with E-state index in [2.05, 4.69) is 4.98 Å². The van der Waals surface area contributed by atoms with E-state index in [0.717, 1.165) is 12.1 Å². The zero-order valence-corrected chi connectivity index (χ0v) is 11.4. The first kappa shape index (κ1) is 14.6. The van der Waals surface area contributed by atoms with Gasteiger partial charge in [-0.3, -0.25) is 4.79 Å². The van der Waals surface area contributed by atoms with Crippen molar-refractivity contribution in [1.82, 2.24) is 9.88 Å². The van der Waals surface area contributed by atoms with Gasteiger partial charge in [-0.15, -0.1) is 0 Å². The number of carbonyl (C=O) groups is 1. The topological polar surface area (TPSA) is 36.4 Å². The highest BCUT2D eigenvalue weighted by molar-refractivity contribution is 5.73. The number of anilines is 1. The molecule has 1 amide bonds. The number of pyridine rings is 1. The number of halogens is 3. The van der Waals surface area contributed by atoms with Crippen LogP contribution in [-0.2, 0) is 11.0 Å². The maximum Gasteiger partial charge on any atom is 0.416 e. The van der Waals surface area contributed by atoms with Crippen LogP contribution in [0.5, 0.6) is 0 Å². The molecule has 7 heteroatoms. The van der Waals surface area contributed by atoms with Crippen molar-refractivity contribution in [3.63, 3.8) is 0 Å². The van der Waals surface area contributed by atoms with E-state index >= 15 is 0 Å². The average molecular weight is 287 g/mol. The van der Waals surface area contributed by atoms with Crippen LogP contribution in [-0.4, -0.2) is 42.0 Å². The van der Waals surface area contributed by atoms with Gasteiger partial charge in [-0.1, -0.05) is 0 Å². The summed E-state index contributed by atoms with van der Waals surface area (Å²) in [4.78, 5) is 18.8. The number of amides is 1. The second kappa shape index (κ2) is 5.30. The molecule has 1 aromatic rings. The number of hydrogen-bond donors (Lipinski definition) is 0. The Balaban J connectivity index is 2.18. The molecule has 0 radical (unpaired) electrons. The van der Waals surface area contributed by atoms with Gasteiger partial charge in [-0.05, 0) is 19.1 Å². The van der Waals surface area contributed by atoms with Gasteiger partial charge in [0.1, 0.15) is 5.82 Å². The predicted octanol–water partition coefficient (Wildman–Crippen LogP) is 2.08. The quantitative estimate of drug-likeness (QED) is 0.793. The summed E-state index contributed by atoms with van der Waals surface area (Å²) in [6.45, 7) is 5.03. The van der Waals surface area contributed by atoms with Crippen LogP contribution in [0.25, 0.3) is 0 Å². The first-order valence-electron chi connectivity index (χ1n) is 6.34. The van der Waals surface area contributed by atoms with Crippen LogP contribution in [0.2, 0.25) is 0 Å². The molecule has 20 heavy (non-hydrogen) atoms. The molecule has 1 aliphatic heterocycles. The minimum atomic E-state index is -4.37. The lowest BCUT2D eigenvalue weighted by atomic mass is 10.2. The molecule has 1 aromatic heterocycles. The molecule has 0 bridgehead atoms. The molecule has 4 nitrogen and oxygen atoms in total. The van der Waals surface area contributed by atoms with Gasteiger partial charge >= 0.3 is 6.18 Å². The molecule has 110 valence electrons. The zero-order chi connectivity index (χ0) is 14.9. The fraction of sp³-hybridized carbons (Fsp3) is 0.538. The fourth-order valence-corrected chi connectivity index (χ4v) is 2.23. The minimum absolute atomic E-state index is 0.0159. The number of aromatic nitrogens is 1. The molecule has 0 aromatic carbocycles. The standard InChI is InChI=1S/C13H16F3N3O/c1-9-7-11(13(14,15)16)8-12(17-9)19-5-3-18(4-6-19)10(2)20/h7-8H,3-6H2,1-2H3. The molecular weight excluding hydrogens is 271 g/mol. The van der Waals surface area contributed by atoms with Gasteiger partial charge in [0.15, 0.2) is 0 Å². The van der Waals surface area contributed by atoms with E-state index in [1.54, 1.807) is 16.7 Å². The summed E-state index contributed by atoms with van der Waals surface area (Å²) in [5.41, 5.74) is -0.349. The second-order valence-corrected chi connectivity index (χ2v) is 4.85. The molecule has 0 spiro atoms. The van der Waals surface area contributed by atoms with Crippen LogP contribution in [0, 0.1) is 6.92 Å². The predicted molar refractivity (Wildman–Crippen MR) is 68.4 cm³/mol. The van der Waals surface area contributed by atoms with Crippen molar-refractivity contribution in [2.75, 3.05) is 31.1 Å². The largest absolute Gasteiger partial charge is 0.416 e. The lowest BCUT2D eigenvalue weighted by Crippen LogP contribution is -2.48. The summed E-state index contributed by atoms with van der Waals surface area (Å²) in [6.07, 6.45) is -4.37. The number of carbonyl (C=O) groups excluding carboxylic acids is 1. The van der Waals surface area contributed by atoms with Crippen molar-refractivity contribution in [2.24, 2.45) is 0 Å². The molecule has 0 unspecified atom stereocenters. The smallest absolute Gasteiger partial charge is 0.353 e. The van der Waals surface area contributed by atoms with Gasteiger partial charge in [0, 0.05) is 38.8 Å². The lowest BCUT2D eigenvalue weighted by molar-refractivity contribution is -0.137. The summed E-state index contributed by atoms with van der Waals surface area (Å²) in [7, 11) is 0. The van der Waals surface area contributed by atoms with Crippen LogP contribution in [0.3, 0.4) is 0 Å². The van der Waals surface area contributed by atoms with Crippen LogP contribution >= 0.6 is 0 Å². The van der Waals surface area contributed by atoms with Crippen LogP contribution < -0.4 is 4.90 Å². The van der Waals surface area contributed by atoms with Crippen molar-refractivity contribution in [2.45, 2.75) is 20.0 Å². The van der Waals surface area contributed by atoms with Gasteiger partial charge < -0.3 is 9.80 Å². The molecular formula is C13H16F3N3O. The minimum Gasteiger partial charge on any atom is -0.353 e.